The van der Waals surface area contributed by atoms with E-state index in [1.54, 1.807) is 7.11 Å². The van der Waals surface area contributed by atoms with Crippen LogP contribution >= 0.6 is 43.5 Å². The fourth-order valence-corrected chi connectivity index (χ4v) is 3.32. The Kier molecular flexibility index (Phi) is 4.86. The van der Waals surface area contributed by atoms with Gasteiger partial charge >= 0.3 is 0 Å². The first kappa shape index (κ1) is 14.8. The molecule has 1 aromatic heterocycles. The van der Waals surface area contributed by atoms with Gasteiger partial charge in [0, 0.05) is 17.0 Å². The minimum atomic E-state index is 0.341. The summed E-state index contributed by atoms with van der Waals surface area (Å²) in [4.78, 5) is 0. The van der Waals surface area contributed by atoms with Crippen LogP contribution in [0.2, 0.25) is 5.28 Å². The summed E-state index contributed by atoms with van der Waals surface area (Å²) in [6.07, 6.45) is 1.78. The predicted octanol–water partition coefficient (Wildman–Crippen LogP) is 4.41. The minimum absolute atomic E-state index is 0.341. The third kappa shape index (κ3) is 2.95. The fraction of sp³-hybridized carbons (Fsp3) is 0.333. The second-order valence-electron chi connectivity index (χ2n) is 3.91. The monoisotopic (exact) mass is 407 g/mol. The molecule has 2 aromatic rings. The normalized spacial score (nSPS) is 10.8. The van der Waals surface area contributed by atoms with E-state index in [0.29, 0.717) is 5.28 Å². The maximum absolute atomic E-state index is 6.14. The number of benzene rings is 1. The molecule has 4 nitrogen and oxygen atoms in total. The molecular weight excluding hydrogens is 397 g/mol. The molecule has 0 unspecified atom stereocenters. The average Bonchev–Trinajstić information content (AvgIpc) is 2.72. The van der Waals surface area contributed by atoms with Crippen LogP contribution in [0.25, 0.3) is 5.69 Å². The predicted molar refractivity (Wildman–Crippen MR) is 82.3 cm³/mol. The van der Waals surface area contributed by atoms with Crippen molar-refractivity contribution in [1.29, 1.82) is 0 Å². The molecule has 0 atom stereocenters. The van der Waals surface area contributed by atoms with Gasteiger partial charge < -0.3 is 4.74 Å². The van der Waals surface area contributed by atoms with Gasteiger partial charge in [0.15, 0.2) is 0 Å². The van der Waals surface area contributed by atoms with Crippen LogP contribution in [-0.2, 0) is 6.42 Å². The molecule has 2 rings (SSSR count). The lowest BCUT2D eigenvalue weighted by Crippen LogP contribution is -2.03. The van der Waals surface area contributed by atoms with Gasteiger partial charge in [0.2, 0.25) is 5.28 Å². The number of aromatic nitrogens is 3. The van der Waals surface area contributed by atoms with Gasteiger partial charge in [-0.3, -0.25) is 4.57 Å². The number of nitrogens with zero attached hydrogens (tertiary/aromatic N) is 3. The zero-order chi connectivity index (χ0) is 14.0. The van der Waals surface area contributed by atoms with Crippen molar-refractivity contribution in [2.75, 3.05) is 7.11 Å². The van der Waals surface area contributed by atoms with E-state index in [1.165, 1.54) is 0 Å². The SMILES string of the molecule is CCCc1nnc(Cl)n1-c1cc(OC)c(Br)cc1Br. The van der Waals surface area contributed by atoms with Gasteiger partial charge in [-0.15, -0.1) is 10.2 Å². The van der Waals surface area contributed by atoms with E-state index in [4.69, 9.17) is 16.3 Å². The van der Waals surface area contributed by atoms with Crippen LogP contribution in [0.1, 0.15) is 19.2 Å². The number of hydrogen-bond donors (Lipinski definition) is 0. The Balaban J connectivity index is 2.61. The highest BCUT2D eigenvalue weighted by Gasteiger charge is 2.16. The smallest absolute Gasteiger partial charge is 0.229 e. The summed E-state index contributed by atoms with van der Waals surface area (Å²) in [5.41, 5.74) is 0.860. The summed E-state index contributed by atoms with van der Waals surface area (Å²) in [5.74, 6) is 1.56. The molecular formula is C12H12Br2ClN3O. The van der Waals surface area contributed by atoms with Gasteiger partial charge in [-0.25, -0.2) is 0 Å². The molecule has 0 bridgehead atoms. The lowest BCUT2D eigenvalue weighted by molar-refractivity contribution is 0.412. The summed E-state index contributed by atoms with van der Waals surface area (Å²) in [7, 11) is 1.62. The van der Waals surface area contributed by atoms with Crippen molar-refractivity contribution >= 4 is 43.5 Å². The Morgan fingerprint density at radius 1 is 1.26 bits per heavy atom. The van der Waals surface area contributed by atoms with Crippen molar-refractivity contribution in [3.05, 3.63) is 32.2 Å². The zero-order valence-electron chi connectivity index (χ0n) is 10.5. The van der Waals surface area contributed by atoms with Crippen LogP contribution in [0.5, 0.6) is 5.75 Å². The summed E-state index contributed by atoms with van der Waals surface area (Å²) in [5, 5.41) is 8.39. The first-order valence-corrected chi connectivity index (χ1v) is 7.68. The molecule has 0 aliphatic carbocycles. The third-order valence-corrected chi connectivity index (χ3v) is 4.13. The van der Waals surface area contributed by atoms with E-state index in [-0.39, 0.29) is 0 Å². The van der Waals surface area contributed by atoms with Gasteiger partial charge in [-0.05, 0) is 55.9 Å². The molecule has 19 heavy (non-hydrogen) atoms. The standard InChI is InChI=1S/C12H12Br2ClN3O/c1-3-4-11-16-17-12(15)18(11)9-6-10(19-2)8(14)5-7(9)13/h5-6H,3-4H2,1-2H3. The van der Waals surface area contributed by atoms with E-state index < -0.39 is 0 Å². The Morgan fingerprint density at radius 2 is 2.00 bits per heavy atom. The first-order valence-electron chi connectivity index (χ1n) is 5.71. The molecule has 0 spiro atoms. The highest BCUT2D eigenvalue weighted by molar-refractivity contribution is 9.11. The molecule has 0 amide bonds. The topological polar surface area (TPSA) is 39.9 Å². The average molecular weight is 410 g/mol. The van der Waals surface area contributed by atoms with Crippen molar-refractivity contribution in [2.24, 2.45) is 0 Å². The molecule has 0 N–H and O–H groups in total. The van der Waals surface area contributed by atoms with Crippen LogP contribution < -0.4 is 4.74 Å². The van der Waals surface area contributed by atoms with Crippen LogP contribution in [0.4, 0.5) is 0 Å². The summed E-state index contributed by atoms with van der Waals surface area (Å²) >= 11 is 13.1. The Morgan fingerprint density at radius 3 is 2.63 bits per heavy atom. The summed E-state index contributed by atoms with van der Waals surface area (Å²) in [6.45, 7) is 2.09. The number of aryl methyl sites for hydroxylation is 1. The molecule has 0 aliphatic heterocycles. The van der Waals surface area contributed by atoms with E-state index in [1.807, 2.05) is 16.7 Å². The molecule has 0 saturated heterocycles. The van der Waals surface area contributed by atoms with Crippen molar-refractivity contribution in [2.45, 2.75) is 19.8 Å². The van der Waals surface area contributed by atoms with E-state index in [0.717, 1.165) is 39.0 Å². The van der Waals surface area contributed by atoms with Crippen molar-refractivity contribution in [3.8, 4) is 11.4 Å². The summed E-state index contributed by atoms with van der Waals surface area (Å²) < 4.78 is 8.89. The number of halogens is 3. The highest BCUT2D eigenvalue weighted by atomic mass is 79.9. The molecule has 0 fully saturated rings. The van der Waals surface area contributed by atoms with E-state index in [9.17, 15) is 0 Å². The Bertz CT molecular complexity index is 601. The molecule has 102 valence electrons. The van der Waals surface area contributed by atoms with E-state index >= 15 is 0 Å². The van der Waals surface area contributed by atoms with E-state index in [2.05, 4.69) is 49.0 Å². The third-order valence-electron chi connectivity index (χ3n) is 2.63. The first-order chi connectivity index (χ1) is 9.08. The van der Waals surface area contributed by atoms with Crippen LogP contribution in [0, 0.1) is 0 Å². The number of ether oxygens (including phenoxy) is 1. The molecule has 0 saturated carbocycles. The summed E-state index contributed by atoms with van der Waals surface area (Å²) in [6, 6.07) is 3.81. The molecule has 0 aliphatic rings. The van der Waals surface area contributed by atoms with Crippen LogP contribution in [0.3, 0.4) is 0 Å². The second kappa shape index (κ2) is 6.24. The van der Waals surface area contributed by atoms with Crippen molar-refractivity contribution < 1.29 is 4.74 Å². The lowest BCUT2D eigenvalue weighted by atomic mass is 10.2. The zero-order valence-corrected chi connectivity index (χ0v) is 14.4. The molecule has 7 heteroatoms. The quantitative estimate of drug-likeness (QED) is 0.751. The van der Waals surface area contributed by atoms with Gasteiger partial charge in [0.05, 0.1) is 17.3 Å². The molecule has 0 radical (unpaired) electrons. The largest absolute Gasteiger partial charge is 0.495 e. The number of methoxy groups -OCH3 is 1. The van der Waals surface area contributed by atoms with Crippen molar-refractivity contribution in [1.82, 2.24) is 14.8 Å². The van der Waals surface area contributed by atoms with Crippen LogP contribution in [0.15, 0.2) is 21.1 Å². The highest BCUT2D eigenvalue weighted by Crippen LogP contribution is 2.35. The minimum Gasteiger partial charge on any atom is -0.495 e. The molecule has 1 heterocycles. The lowest BCUT2D eigenvalue weighted by Gasteiger charge is -2.12. The van der Waals surface area contributed by atoms with Gasteiger partial charge in [0.1, 0.15) is 11.6 Å². The second-order valence-corrected chi connectivity index (χ2v) is 5.96. The van der Waals surface area contributed by atoms with Gasteiger partial charge in [0.25, 0.3) is 0 Å². The Hall–Kier alpha value is -0.590. The Labute approximate surface area is 133 Å². The maximum Gasteiger partial charge on any atom is 0.229 e. The van der Waals surface area contributed by atoms with Crippen molar-refractivity contribution in [3.63, 3.8) is 0 Å². The number of rotatable bonds is 4. The number of hydrogen-bond acceptors (Lipinski definition) is 3. The fourth-order valence-electron chi connectivity index (χ4n) is 1.76. The molecule has 1 aromatic carbocycles. The maximum atomic E-state index is 6.14. The van der Waals surface area contributed by atoms with Crippen LogP contribution in [-0.4, -0.2) is 21.9 Å². The van der Waals surface area contributed by atoms with Gasteiger partial charge in [-0.1, -0.05) is 6.92 Å². The van der Waals surface area contributed by atoms with Gasteiger partial charge in [-0.2, -0.15) is 0 Å².